The van der Waals surface area contributed by atoms with Crippen LogP contribution in [0.3, 0.4) is 0 Å². The highest BCUT2D eigenvalue weighted by Crippen LogP contribution is 2.41. The molecule has 1 aliphatic rings. The maximum absolute atomic E-state index is 12.7. The first-order chi connectivity index (χ1) is 17.5. The van der Waals surface area contributed by atoms with Crippen molar-refractivity contribution in [2.75, 3.05) is 11.9 Å². The zero-order valence-corrected chi connectivity index (χ0v) is 21.2. The highest BCUT2D eigenvalue weighted by atomic mass is 35.5. The van der Waals surface area contributed by atoms with Crippen LogP contribution >= 0.6 is 23.8 Å². The second-order valence-electron chi connectivity index (χ2n) is 8.60. The van der Waals surface area contributed by atoms with Gasteiger partial charge in [0.25, 0.3) is 0 Å². The molecule has 36 heavy (non-hydrogen) atoms. The monoisotopic (exact) mass is 516 g/mol. The van der Waals surface area contributed by atoms with Gasteiger partial charge in [0.2, 0.25) is 5.91 Å². The predicted octanol–water partition coefficient (Wildman–Crippen LogP) is 6.30. The minimum absolute atomic E-state index is 0.0845. The molecule has 3 heterocycles. The smallest absolute Gasteiger partial charge is 0.226 e. The van der Waals surface area contributed by atoms with Gasteiger partial charge in [0.15, 0.2) is 5.11 Å². The van der Waals surface area contributed by atoms with Crippen LogP contribution in [0.2, 0.25) is 5.02 Å². The molecule has 0 bridgehead atoms. The summed E-state index contributed by atoms with van der Waals surface area (Å²) < 4.78 is 6.39. The van der Waals surface area contributed by atoms with Crippen LogP contribution in [0.5, 0.6) is 0 Å². The van der Waals surface area contributed by atoms with E-state index in [2.05, 4.69) is 15.6 Å². The lowest BCUT2D eigenvalue weighted by molar-refractivity contribution is -0.116. The van der Waals surface area contributed by atoms with Crippen molar-refractivity contribution in [3.05, 3.63) is 107 Å². The van der Waals surface area contributed by atoms with Gasteiger partial charge in [0.1, 0.15) is 17.6 Å². The topological polar surface area (TPSA) is 70.4 Å². The van der Waals surface area contributed by atoms with Gasteiger partial charge in [0.05, 0.1) is 11.7 Å². The average Bonchev–Trinajstić information content (AvgIpc) is 3.50. The Morgan fingerprint density at radius 2 is 1.89 bits per heavy atom. The predicted molar refractivity (Wildman–Crippen MR) is 146 cm³/mol. The molecule has 2 N–H and O–H groups in total. The number of aromatic nitrogens is 1. The SMILES string of the molecule is Cc1c(Cl)cccc1-c1ccc([C@H]2[C@H](c3ccccn3)NC(=S)N2CCC(=O)Nc2ccccc2)o1. The number of carbonyl (C=O) groups excluding carboxylic acids is 1. The van der Waals surface area contributed by atoms with Crippen molar-refractivity contribution in [2.24, 2.45) is 0 Å². The van der Waals surface area contributed by atoms with Crippen LogP contribution in [0.1, 0.15) is 35.5 Å². The molecule has 2 aromatic heterocycles. The second kappa shape index (κ2) is 10.5. The second-order valence-corrected chi connectivity index (χ2v) is 9.39. The molecule has 0 unspecified atom stereocenters. The number of halogens is 1. The summed E-state index contributed by atoms with van der Waals surface area (Å²) in [5.41, 5.74) is 3.50. The molecular formula is C28H25ClN4O2S. The van der Waals surface area contributed by atoms with Gasteiger partial charge >= 0.3 is 0 Å². The fourth-order valence-corrected chi connectivity index (χ4v) is 4.96. The highest BCUT2D eigenvalue weighted by Gasteiger charge is 2.41. The number of pyridine rings is 1. The van der Waals surface area contributed by atoms with Crippen LogP contribution in [-0.4, -0.2) is 27.4 Å². The third kappa shape index (κ3) is 4.98. The van der Waals surface area contributed by atoms with Crippen molar-refractivity contribution in [3.8, 4) is 11.3 Å². The summed E-state index contributed by atoms with van der Waals surface area (Å²) in [6.45, 7) is 2.39. The fraction of sp³-hybridized carbons (Fsp3) is 0.179. The summed E-state index contributed by atoms with van der Waals surface area (Å²) in [5.74, 6) is 1.37. The van der Waals surface area contributed by atoms with Crippen LogP contribution in [-0.2, 0) is 4.79 Å². The number of hydrogen-bond acceptors (Lipinski definition) is 4. The standard InChI is InChI=1S/C28H25ClN4O2S/c1-18-20(10-7-11-21(18)29)23-13-14-24(35-23)27-26(22-12-5-6-16-30-22)32-28(36)33(27)17-15-25(34)31-19-8-3-2-4-9-19/h2-14,16,26-27H,15,17H2,1H3,(H,31,34)(H,32,36)/t26-,27-/m0/s1. The van der Waals surface area contributed by atoms with Crippen LogP contribution in [0, 0.1) is 6.92 Å². The van der Waals surface area contributed by atoms with Gasteiger partial charge in [-0.1, -0.05) is 48.0 Å². The van der Waals surface area contributed by atoms with E-state index in [1.807, 2.05) is 90.7 Å². The summed E-state index contributed by atoms with van der Waals surface area (Å²) in [5, 5.41) is 7.57. The largest absolute Gasteiger partial charge is 0.459 e. The molecular weight excluding hydrogens is 492 g/mol. The number of nitrogens with one attached hydrogen (secondary N) is 2. The third-order valence-electron chi connectivity index (χ3n) is 6.29. The Hall–Kier alpha value is -3.68. The molecule has 5 rings (SSSR count). The molecule has 2 aromatic carbocycles. The highest BCUT2D eigenvalue weighted by molar-refractivity contribution is 7.80. The minimum atomic E-state index is -0.273. The van der Waals surface area contributed by atoms with E-state index >= 15 is 0 Å². The number of amides is 1. The summed E-state index contributed by atoms with van der Waals surface area (Å²) in [7, 11) is 0. The van der Waals surface area contributed by atoms with Crippen LogP contribution in [0.25, 0.3) is 11.3 Å². The van der Waals surface area contributed by atoms with Gasteiger partial charge in [-0.05, 0) is 67.2 Å². The van der Waals surface area contributed by atoms with Crippen molar-refractivity contribution < 1.29 is 9.21 Å². The van der Waals surface area contributed by atoms with Crippen LogP contribution < -0.4 is 10.6 Å². The summed E-state index contributed by atoms with van der Waals surface area (Å²) >= 11 is 12.1. The van der Waals surface area contributed by atoms with E-state index < -0.39 is 0 Å². The number of anilines is 1. The van der Waals surface area contributed by atoms with Crippen molar-refractivity contribution in [2.45, 2.75) is 25.4 Å². The molecule has 0 saturated carbocycles. The third-order valence-corrected chi connectivity index (χ3v) is 7.05. The summed E-state index contributed by atoms with van der Waals surface area (Å²) in [6, 6.07) is 24.4. The van der Waals surface area contributed by atoms with E-state index in [0.717, 1.165) is 34.0 Å². The number of carbonyl (C=O) groups is 1. The number of benzene rings is 2. The molecule has 2 atom stereocenters. The van der Waals surface area contributed by atoms with Crippen LogP contribution in [0.15, 0.2) is 89.5 Å². The van der Waals surface area contributed by atoms with E-state index in [-0.39, 0.29) is 24.4 Å². The molecule has 0 radical (unpaired) electrons. The molecule has 0 spiro atoms. The minimum Gasteiger partial charge on any atom is -0.459 e. The lowest BCUT2D eigenvalue weighted by Gasteiger charge is -2.25. The van der Waals surface area contributed by atoms with Crippen LogP contribution in [0.4, 0.5) is 5.69 Å². The lowest BCUT2D eigenvalue weighted by atomic mass is 10.0. The molecule has 1 aliphatic heterocycles. The number of nitrogens with zero attached hydrogens (tertiary/aromatic N) is 2. The fourth-order valence-electron chi connectivity index (χ4n) is 4.45. The maximum atomic E-state index is 12.7. The molecule has 1 saturated heterocycles. The van der Waals surface area contributed by atoms with Gasteiger partial charge in [-0.3, -0.25) is 9.78 Å². The molecule has 1 fully saturated rings. The first-order valence-corrected chi connectivity index (χ1v) is 12.5. The van der Waals surface area contributed by atoms with Gasteiger partial charge in [-0.2, -0.15) is 0 Å². The Labute approximate surface area is 220 Å². The zero-order valence-electron chi connectivity index (χ0n) is 19.6. The quantitative estimate of drug-likeness (QED) is 0.281. The van der Waals surface area contributed by atoms with Gasteiger partial charge in [0, 0.05) is 35.4 Å². The van der Waals surface area contributed by atoms with Gasteiger partial charge in [-0.15, -0.1) is 0 Å². The Bertz CT molecular complexity index is 1380. The Morgan fingerprint density at radius 1 is 1.08 bits per heavy atom. The first kappa shape index (κ1) is 24.0. The number of rotatable bonds is 7. The Morgan fingerprint density at radius 3 is 2.67 bits per heavy atom. The van der Waals surface area contributed by atoms with Crippen molar-refractivity contribution in [3.63, 3.8) is 0 Å². The number of furan rings is 1. The molecule has 8 heteroatoms. The van der Waals surface area contributed by atoms with Gasteiger partial charge in [-0.25, -0.2) is 0 Å². The van der Waals surface area contributed by atoms with E-state index in [4.69, 9.17) is 28.2 Å². The zero-order chi connectivity index (χ0) is 25.1. The molecule has 0 aliphatic carbocycles. The summed E-state index contributed by atoms with van der Waals surface area (Å²) in [4.78, 5) is 19.2. The number of thiocarbonyl (C=S) groups is 1. The van der Waals surface area contributed by atoms with E-state index in [9.17, 15) is 4.79 Å². The van der Waals surface area contributed by atoms with Crippen molar-refractivity contribution in [1.29, 1.82) is 0 Å². The number of hydrogen-bond donors (Lipinski definition) is 2. The maximum Gasteiger partial charge on any atom is 0.226 e. The lowest BCUT2D eigenvalue weighted by Crippen LogP contribution is -2.32. The van der Waals surface area contributed by atoms with Crippen molar-refractivity contribution in [1.82, 2.24) is 15.2 Å². The summed E-state index contributed by atoms with van der Waals surface area (Å²) in [6.07, 6.45) is 2.03. The first-order valence-electron chi connectivity index (χ1n) is 11.7. The normalized spacial score (nSPS) is 17.2. The van der Waals surface area contributed by atoms with Gasteiger partial charge < -0.3 is 20.0 Å². The molecule has 1 amide bonds. The average molecular weight is 517 g/mol. The van der Waals surface area contributed by atoms with Crippen molar-refractivity contribution >= 4 is 40.5 Å². The molecule has 6 nitrogen and oxygen atoms in total. The Balaban J connectivity index is 1.42. The molecule has 182 valence electrons. The van der Waals surface area contributed by atoms with E-state index in [1.54, 1.807) is 6.20 Å². The number of para-hydroxylation sites is 1. The molecule has 4 aromatic rings. The van der Waals surface area contributed by atoms with E-state index in [0.29, 0.717) is 16.7 Å². The van der Waals surface area contributed by atoms with E-state index in [1.165, 1.54) is 0 Å². The Kier molecular flexibility index (Phi) is 7.02.